The van der Waals surface area contributed by atoms with Crippen LogP contribution in [0.25, 0.3) is 0 Å². The van der Waals surface area contributed by atoms with Gasteiger partial charge >= 0.3 is 17.9 Å². The Bertz CT molecular complexity index is 1000. The summed E-state index contributed by atoms with van der Waals surface area (Å²) in [5, 5.41) is 0. The Morgan fingerprint density at radius 2 is 0.644 bits per heavy atom. The van der Waals surface area contributed by atoms with Gasteiger partial charge in [0.1, 0.15) is 13.2 Å². The topological polar surface area (TPSA) is 78.9 Å². The zero-order valence-electron chi connectivity index (χ0n) is 39.3. The van der Waals surface area contributed by atoms with E-state index in [1.165, 1.54) is 141 Å². The fourth-order valence-electron chi connectivity index (χ4n) is 7.24. The highest BCUT2D eigenvalue weighted by Crippen LogP contribution is 2.15. The van der Waals surface area contributed by atoms with Crippen LogP contribution >= 0.6 is 0 Å². The Kier molecular flexibility index (Phi) is 46.4. The van der Waals surface area contributed by atoms with Gasteiger partial charge in [0.25, 0.3) is 0 Å². The third kappa shape index (κ3) is 46.5. The van der Waals surface area contributed by atoms with E-state index in [4.69, 9.17) is 14.2 Å². The molecular formula is C53H96O6. The molecule has 0 aromatic carbocycles. The monoisotopic (exact) mass is 829 g/mol. The van der Waals surface area contributed by atoms with Crippen LogP contribution in [0.2, 0.25) is 0 Å². The van der Waals surface area contributed by atoms with Crippen LogP contribution in [-0.4, -0.2) is 37.2 Å². The minimum absolute atomic E-state index is 0.0746. The van der Waals surface area contributed by atoms with Gasteiger partial charge in [0.2, 0.25) is 0 Å². The van der Waals surface area contributed by atoms with Crippen LogP contribution in [0.15, 0.2) is 36.5 Å². The number of carbonyl (C=O) groups excluding carboxylic acids is 3. The van der Waals surface area contributed by atoms with E-state index in [2.05, 4.69) is 57.2 Å². The van der Waals surface area contributed by atoms with Crippen molar-refractivity contribution in [2.24, 2.45) is 0 Å². The number of carbonyl (C=O) groups is 3. The molecule has 0 saturated carbocycles. The van der Waals surface area contributed by atoms with Crippen molar-refractivity contribution >= 4 is 17.9 Å². The zero-order chi connectivity index (χ0) is 43.0. The van der Waals surface area contributed by atoms with E-state index in [1.54, 1.807) is 0 Å². The first-order valence-corrected chi connectivity index (χ1v) is 25.5. The first-order valence-electron chi connectivity index (χ1n) is 25.5. The fraction of sp³-hybridized carbons (Fsp3) is 0.830. The number of ether oxygens (including phenoxy) is 3. The summed E-state index contributed by atoms with van der Waals surface area (Å²) in [7, 11) is 0. The SMILES string of the molecule is CCC/C=C\CCCCCCCC(=O)OC(COC(=O)CCCCCCCCCCCC)COC(=O)CCCCCCCCCCC/C=C\C/C=C\CCCCCCC. The van der Waals surface area contributed by atoms with Gasteiger partial charge in [-0.05, 0) is 70.6 Å². The van der Waals surface area contributed by atoms with Crippen LogP contribution in [-0.2, 0) is 28.6 Å². The molecule has 1 atom stereocenters. The number of rotatable bonds is 46. The molecule has 0 aliphatic carbocycles. The van der Waals surface area contributed by atoms with Gasteiger partial charge in [0.05, 0.1) is 0 Å². The summed E-state index contributed by atoms with van der Waals surface area (Å²) < 4.78 is 16.7. The van der Waals surface area contributed by atoms with Crippen molar-refractivity contribution in [1.29, 1.82) is 0 Å². The molecule has 0 bridgehead atoms. The van der Waals surface area contributed by atoms with E-state index < -0.39 is 6.10 Å². The Labute approximate surface area is 365 Å². The second-order valence-corrected chi connectivity index (χ2v) is 17.1. The molecule has 0 N–H and O–H groups in total. The van der Waals surface area contributed by atoms with Gasteiger partial charge in [-0.15, -0.1) is 0 Å². The molecule has 0 heterocycles. The van der Waals surface area contributed by atoms with Crippen LogP contribution in [0.4, 0.5) is 0 Å². The average molecular weight is 829 g/mol. The number of hydrogen-bond donors (Lipinski definition) is 0. The maximum Gasteiger partial charge on any atom is 0.306 e. The third-order valence-electron chi connectivity index (χ3n) is 11.1. The smallest absolute Gasteiger partial charge is 0.306 e. The number of hydrogen-bond acceptors (Lipinski definition) is 6. The van der Waals surface area contributed by atoms with Crippen molar-refractivity contribution in [1.82, 2.24) is 0 Å². The van der Waals surface area contributed by atoms with Crippen LogP contribution < -0.4 is 0 Å². The normalized spacial score (nSPS) is 12.3. The summed E-state index contributed by atoms with van der Waals surface area (Å²) in [5.74, 6) is -0.885. The van der Waals surface area contributed by atoms with Crippen molar-refractivity contribution in [2.45, 2.75) is 271 Å². The van der Waals surface area contributed by atoms with Crippen LogP contribution in [0.3, 0.4) is 0 Å². The van der Waals surface area contributed by atoms with Crippen LogP contribution in [0.1, 0.15) is 265 Å². The molecule has 0 saturated heterocycles. The summed E-state index contributed by atoms with van der Waals surface area (Å²) in [6, 6.07) is 0. The molecule has 0 rings (SSSR count). The second-order valence-electron chi connectivity index (χ2n) is 17.1. The van der Waals surface area contributed by atoms with Crippen LogP contribution in [0, 0.1) is 0 Å². The third-order valence-corrected chi connectivity index (χ3v) is 11.1. The molecule has 0 aliphatic rings. The average Bonchev–Trinajstić information content (AvgIpc) is 3.23. The van der Waals surface area contributed by atoms with E-state index in [0.717, 1.165) is 83.5 Å². The summed E-state index contributed by atoms with van der Waals surface area (Å²) in [4.78, 5) is 37.8. The van der Waals surface area contributed by atoms with E-state index in [0.29, 0.717) is 19.3 Å². The van der Waals surface area contributed by atoms with Gasteiger partial charge in [-0.25, -0.2) is 0 Å². The van der Waals surface area contributed by atoms with Crippen molar-refractivity contribution < 1.29 is 28.6 Å². The zero-order valence-corrected chi connectivity index (χ0v) is 39.3. The first-order chi connectivity index (χ1) is 29.0. The Morgan fingerprint density at radius 1 is 0.339 bits per heavy atom. The molecule has 0 aromatic heterocycles. The Hall–Kier alpha value is -2.37. The van der Waals surface area contributed by atoms with E-state index in [9.17, 15) is 14.4 Å². The minimum Gasteiger partial charge on any atom is -0.462 e. The van der Waals surface area contributed by atoms with Gasteiger partial charge < -0.3 is 14.2 Å². The number of allylic oxidation sites excluding steroid dienone is 6. The van der Waals surface area contributed by atoms with Gasteiger partial charge in [-0.1, -0.05) is 211 Å². The molecule has 0 spiro atoms. The van der Waals surface area contributed by atoms with Crippen molar-refractivity contribution in [3.8, 4) is 0 Å². The number of unbranched alkanes of at least 4 members (excludes halogenated alkanes) is 29. The molecule has 6 heteroatoms. The maximum atomic E-state index is 12.7. The standard InChI is InChI=1S/C53H96O6/c1-4-7-10-13-16-19-22-23-24-25-26-27-28-29-30-31-32-35-37-40-43-46-52(55)58-49-50(59-53(56)47-44-41-38-34-21-18-15-12-9-6-3)48-57-51(54)45-42-39-36-33-20-17-14-11-8-5-2/h12,15,22-23,25-26,50H,4-11,13-14,16-21,24,27-49H2,1-3H3/b15-12-,23-22-,26-25-. The molecule has 0 aliphatic heterocycles. The van der Waals surface area contributed by atoms with E-state index in [1.807, 2.05) is 0 Å². The fourth-order valence-corrected chi connectivity index (χ4v) is 7.24. The van der Waals surface area contributed by atoms with Gasteiger partial charge in [-0.3, -0.25) is 14.4 Å². The minimum atomic E-state index is -0.772. The Balaban J connectivity index is 4.23. The second kappa shape index (κ2) is 48.3. The van der Waals surface area contributed by atoms with Crippen molar-refractivity contribution in [2.75, 3.05) is 13.2 Å². The summed E-state index contributed by atoms with van der Waals surface area (Å²) in [5.41, 5.74) is 0. The maximum absolute atomic E-state index is 12.7. The Morgan fingerprint density at radius 3 is 1.02 bits per heavy atom. The lowest BCUT2D eigenvalue weighted by Gasteiger charge is -2.18. The molecule has 344 valence electrons. The largest absolute Gasteiger partial charge is 0.462 e. The number of esters is 3. The lowest BCUT2D eigenvalue weighted by Crippen LogP contribution is -2.30. The molecule has 6 nitrogen and oxygen atoms in total. The highest BCUT2D eigenvalue weighted by Gasteiger charge is 2.19. The predicted molar refractivity (Wildman–Crippen MR) is 252 cm³/mol. The van der Waals surface area contributed by atoms with Crippen molar-refractivity contribution in [3.05, 3.63) is 36.5 Å². The van der Waals surface area contributed by atoms with Crippen LogP contribution in [0.5, 0.6) is 0 Å². The highest BCUT2D eigenvalue weighted by molar-refractivity contribution is 5.71. The summed E-state index contributed by atoms with van der Waals surface area (Å²) >= 11 is 0. The van der Waals surface area contributed by atoms with E-state index in [-0.39, 0.29) is 31.1 Å². The molecule has 0 amide bonds. The molecule has 1 unspecified atom stereocenters. The predicted octanol–water partition coefficient (Wildman–Crippen LogP) is 16.5. The molecule has 0 radical (unpaired) electrons. The summed E-state index contributed by atoms with van der Waals surface area (Å²) in [6.07, 6.45) is 55.6. The quantitative estimate of drug-likeness (QED) is 0.0263. The first kappa shape index (κ1) is 56.6. The molecule has 0 fully saturated rings. The molecular weight excluding hydrogens is 733 g/mol. The highest BCUT2D eigenvalue weighted by atomic mass is 16.6. The van der Waals surface area contributed by atoms with Gasteiger partial charge in [-0.2, -0.15) is 0 Å². The molecule has 0 aromatic rings. The summed E-state index contributed by atoms with van der Waals surface area (Å²) in [6.45, 7) is 6.55. The van der Waals surface area contributed by atoms with Crippen molar-refractivity contribution in [3.63, 3.8) is 0 Å². The van der Waals surface area contributed by atoms with Gasteiger partial charge in [0, 0.05) is 19.3 Å². The molecule has 59 heavy (non-hydrogen) atoms. The van der Waals surface area contributed by atoms with E-state index >= 15 is 0 Å². The van der Waals surface area contributed by atoms with Gasteiger partial charge in [0.15, 0.2) is 6.10 Å². The lowest BCUT2D eigenvalue weighted by atomic mass is 10.1. The lowest BCUT2D eigenvalue weighted by molar-refractivity contribution is -0.167.